The highest BCUT2D eigenvalue weighted by Gasteiger charge is 2.29. The lowest BCUT2D eigenvalue weighted by Crippen LogP contribution is -2.06. The average Bonchev–Trinajstić information content (AvgIpc) is 2.88. The monoisotopic (exact) mass is 199 g/mol. The van der Waals surface area contributed by atoms with Crippen molar-refractivity contribution in [3.05, 3.63) is 12.2 Å². The van der Waals surface area contributed by atoms with E-state index >= 15 is 0 Å². The first-order chi connectivity index (χ1) is 6.27. The number of aryl methyl sites for hydroxylation is 2. The Balaban J connectivity index is 1.81. The van der Waals surface area contributed by atoms with Gasteiger partial charge in [0.25, 0.3) is 0 Å². The molecule has 4 heteroatoms. The predicted molar refractivity (Wildman–Crippen MR) is 51.7 cm³/mol. The number of aromatic nitrogens is 3. The molecule has 2 rings (SSSR count). The van der Waals surface area contributed by atoms with Crippen LogP contribution in [0.2, 0.25) is 0 Å². The summed E-state index contributed by atoms with van der Waals surface area (Å²) in [4.78, 5) is 4.16. The smallest absolute Gasteiger partial charge is 0.138 e. The van der Waals surface area contributed by atoms with Crippen LogP contribution in [0.1, 0.15) is 25.1 Å². The molecule has 1 unspecified atom stereocenters. The molecule has 0 saturated heterocycles. The van der Waals surface area contributed by atoms with E-state index in [1.54, 1.807) is 6.33 Å². The van der Waals surface area contributed by atoms with Gasteiger partial charge >= 0.3 is 0 Å². The summed E-state index contributed by atoms with van der Waals surface area (Å²) >= 11 is 6.19. The lowest BCUT2D eigenvalue weighted by atomic mass is 10.1. The maximum absolute atomic E-state index is 6.19. The second kappa shape index (κ2) is 3.66. The van der Waals surface area contributed by atoms with Crippen LogP contribution in [-0.2, 0) is 13.5 Å². The van der Waals surface area contributed by atoms with Crippen LogP contribution in [0, 0.1) is 5.92 Å². The van der Waals surface area contributed by atoms with E-state index in [4.69, 9.17) is 11.6 Å². The largest absolute Gasteiger partial charge is 0.253 e. The average molecular weight is 200 g/mol. The number of alkyl halides is 1. The first-order valence-electron chi connectivity index (χ1n) is 4.74. The first kappa shape index (κ1) is 9.00. The molecule has 1 fully saturated rings. The summed E-state index contributed by atoms with van der Waals surface area (Å²) in [6, 6.07) is 0. The number of halogens is 1. The van der Waals surface area contributed by atoms with E-state index in [1.807, 2.05) is 11.7 Å². The third-order valence-electron chi connectivity index (χ3n) is 2.58. The van der Waals surface area contributed by atoms with Crippen LogP contribution in [0.5, 0.6) is 0 Å². The fraction of sp³-hybridized carbons (Fsp3) is 0.778. The van der Waals surface area contributed by atoms with Crippen LogP contribution in [0.25, 0.3) is 0 Å². The molecule has 0 aliphatic heterocycles. The summed E-state index contributed by atoms with van der Waals surface area (Å²) in [7, 11) is 1.92. The van der Waals surface area contributed by atoms with Gasteiger partial charge in [-0.2, -0.15) is 5.10 Å². The topological polar surface area (TPSA) is 30.7 Å². The maximum Gasteiger partial charge on any atom is 0.138 e. The zero-order chi connectivity index (χ0) is 9.26. The molecule has 0 amide bonds. The summed E-state index contributed by atoms with van der Waals surface area (Å²) < 4.78 is 1.82. The van der Waals surface area contributed by atoms with E-state index in [0.717, 1.165) is 24.6 Å². The molecule has 0 N–H and O–H groups in total. The van der Waals surface area contributed by atoms with Crippen LogP contribution in [0.4, 0.5) is 0 Å². The van der Waals surface area contributed by atoms with Crippen molar-refractivity contribution < 1.29 is 0 Å². The highest BCUT2D eigenvalue weighted by atomic mass is 35.5. The van der Waals surface area contributed by atoms with Crippen molar-refractivity contribution in [3.63, 3.8) is 0 Å². The lowest BCUT2D eigenvalue weighted by Gasteiger charge is -2.06. The summed E-state index contributed by atoms with van der Waals surface area (Å²) in [6.07, 6.45) is 6.19. The Morgan fingerprint density at radius 2 is 2.46 bits per heavy atom. The van der Waals surface area contributed by atoms with Gasteiger partial charge in [-0.1, -0.05) is 0 Å². The molecule has 3 nitrogen and oxygen atoms in total. The van der Waals surface area contributed by atoms with E-state index in [1.165, 1.54) is 12.8 Å². The van der Waals surface area contributed by atoms with Crippen molar-refractivity contribution >= 4 is 11.6 Å². The van der Waals surface area contributed by atoms with Crippen molar-refractivity contribution in [3.8, 4) is 0 Å². The van der Waals surface area contributed by atoms with Gasteiger partial charge in [0.05, 0.1) is 0 Å². The quantitative estimate of drug-likeness (QED) is 0.692. The van der Waals surface area contributed by atoms with E-state index in [2.05, 4.69) is 10.1 Å². The van der Waals surface area contributed by atoms with Gasteiger partial charge in [0, 0.05) is 18.8 Å². The number of hydrogen-bond donors (Lipinski definition) is 0. The third-order valence-corrected chi connectivity index (χ3v) is 3.16. The summed E-state index contributed by atoms with van der Waals surface area (Å²) in [6.45, 7) is 0. The van der Waals surface area contributed by atoms with E-state index < -0.39 is 0 Å². The summed E-state index contributed by atoms with van der Waals surface area (Å²) in [5, 5.41) is 4.36. The Morgan fingerprint density at radius 1 is 1.69 bits per heavy atom. The van der Waals surface area contributed by atoms with Gasteiger partial charge in [-0.25, -0.2) is 4.98 Å². The number of nitrogens with zero attached hydrogens (tertiary/aromatic N) is 3. The zero-order valence-corrected chi connectivity index (χ0v) is 8.54. The molecule has 0 bridgehead atoms. The Morgan fingerprint density at radius 3 is 3.00 bits per heavy atom. The van der Waals surface area contributed by atoms with Crippen molar-refractivity contribution in [2.75, 3.05) is 0 Å². The maximum atomic E-state index is 6.19. The molecular weight excluding hydrogens is 186 g/mol. The van der Waals surface area contributed by atoms with Crippen molar-refractivity contribution in [1.82, 2.24) is 14.8 Å². The van der Waals surface area contributed by atoms with E-state index in [0.29, 0.717) is 5.38 Å². The fourth-order valence-electron chi connectivity index (χ4n) is 1.51. The molecule has 1 aliphatic rings. The summed E-state index contributed by atoms with van der Waals surface area (Å²) in [5.74, 6) is 1.81. The van der Waals surface area contributed by atoms with Gasteiger partial charge in [0.2, 0.25) is 0 Å². The van der Waals surface area contributed by atoms with Crippen molar-refractivity contribution in [1.29, 1.82) is 0 Å². The Kier molecular flexibility index (Phi) is 2.54. The predicted octanol–water partition coefficient (Wildman–Crippen LogP) is 1.77. The van der Waals surface area contributed by atoms with Crippen LogP contribution in [-0.4, -0.2) is 20.1 Å². The SMILES string of the molecule is Cn1ncnc1CCC(Cl)C1CC1. The van der Waals surface area contributed by atoms with Crippen LogP contribution in [0.15, 0.2) is 6.33 Å². The Hall–Kier alpha value is -0.570. The van der Waals surface area contributed by atoms with Crippen molar-refractivity contribution in [2.45, 2.75) is 31.1 Å². The Bertz CT molecular complexity index is 280. The first-order valence-corrected chi connectivity index (χ1v) is 5.18. The van der Waals surface area contributed by atoms with Crippen LogP contribution in [0.3, 0.4) is 0 Å². The van der Waals surface area contributed by atoms with Gasteiger partial charge in [-0.3, -0.25) is 4.68 Å². The summed E-state index contributed by atoms with van der Waals surface area (Å²) in [5.41, 5.74) is 0. The minimum Gasteiger partial charge on any atom is -0.253 e. The molecule has 0 aromatic carbocycles. The second-order valence-corrected chi connectivity index (χ2v) is 4.25. The van der Waals surface area contributed by atoms with Crippen LogP contribution >= 0.6 is 11.6 Å². The van der Waals surface area contributed by atoms with Gasteiger partial charge in [0.15, 0.2) is 0 Å². The highest BCUT2D eigenvalue weighted by molar-refractivity contribution is 6.20. The minimum absolute atomic E-state index is 0.344. The molecule has 1 atom stereocenters. The fourth-order valence-corrected chi connectivity index (χ4v) is 1.87. The minimum atomic E-state index is 0.344. The van der Waals surface area contributed by atoms with Gasteiger partial charge in [-0.05, 0) is 25.2 Å². The van der Waals surface area contributed by atoms with Crippen molar-refractivity contribution in [2.24, 2.45) is 13.0 Å². The molecule has 72 valence electrons. The standard InChI is InChI=1S/C9H14ClN3/c1-13-9(11-6-12-13)5-4-8(10)7-2-3-7/h6-8H,2-5H2,1H3. The van der Waals surface area contributed by atoms with E-state index in [-0.39, 0.29) is 0 Å². The molecule has 0 radical (unpaired) electrons. The Labute approximate surface area is 83.1 Å². The molecule has 1 aromatic rings. The molecular formula is C9H14ClN3. The van der Waals surface area contributed by atoms with Crippen LogP contribution < -0.4 is 0 Å². The van der Waals surface area contributed by atoms with Gasteiger partial charge in [-0.15, -0.1) is 11.6 Å². The van der Waals surface area contributed by atoms with Gasteiger partial charge in [0.1, 0.15) is 12.2 Å². The van der Waals surface area contributed by atoms with E-state index in [9.17, 15) is 0 Å². The third kappa shape index (κ3) is 2.21. The normalized spacial score (nSPS) is 18.9. The molecule has 13 heavy (non-hydrogen) atoms. The molecule has 0 spiro atoms. The molecule has 1 heterocycles. The lowest BCUT2D eigenvalue weighted by molar-refractivity contribution is 0.625. The second-order valence-electron chi connectivity index (χ2n) is 3.69. The molecule has 1 aromatic heterocycles. The zero-order valence-electron chi connectivity index (χ0n) is 7.78. The molecule has 1 saturated carbocycles. The van der Waals surface area contributed by atoms with Gasteiger partial charge < -0.3 is 0 Å². The number of hydrogen-bond acceptors (Lipinski definition) is 2. The molecule has 1 aliphatic carbocycles. The highest BCUT2D eigenvalue weighted by Crippen LogP contribution is 2.37. The number of rotatable bonds is 4.